The Labute approximate surface area is 98.8 Å². The second kappa shape index (κ2) is 4.28. The molecule has 1 unspecified atom stereocenters. The van der Waals surface area contributed by atoms with Crippen LogP contribution in [0.3, 0.4) is 0 Å². The Kier molecular flexibility index (Phi) is 3.17. The highest BCUT2D eigenvalue weighted by atomic mass is 16.6. The van der Waals surface area contributed by atoms with E-state index in [1.54, 1.807) is 0 Å². The molecule has 0 fully saturated rings. The smallest absolute Gasteiger partial charge is 0.387 e. The summed E-state index contributed by atoms with van der Waals surface area (Å²) in [5.41, 5.74) is -4.15. The Morgan fingerprint density at radius 1 is 1.22 bits per heavy atom. The molecule has 0 radical (unpaired) electrons. The third kappa shape index (κ3) is 2.05. The molecule has 1 rings (SSSR count). The molecule has 0 bridgehead atoms. The van der Waals surface area contributed by atoms with Gasteiger partial charge in [-0.15, -0.1) is 0 Å². The van der Waals surface area contributed by atoms with Crippen LogP contribution in [-0.4, -0.2) is 43.7 Å². The highest BCUT2D eigenvalue weighted by Gasteiger charge is 2.53. The second-order valence-corrected chi connectivity index (χ2v) is 3.54. The minimum atomic E-state index is -2.77. The molecule has 9 heteroatoms. The van der Waals surface area contributed by atoms with Gasteiger partial charge in [0.25, 0.3) is 0 Å². The van der Waals surface area contributed by atoms with Crippen molar-refractivity contribution in [1.82, 2.24) is 0 Å². The molecule has 0 aromatic carbocycles. The van der Waals surface area contributed by atoms with E-state index in [1.807, 2.05) is 0 Å². The lowest BCUT2D eigenvalue weighted by molar-refractivity contribution is -0.540. The van der Waals surface area contributed by atoms with Gasteiger partial charge in [0, 0.05) is 16.6 Å². The fraction of sp³-hybridized carbons (Fsp3) is 0.222. The lowest BCUT2D eigenvalue weighted by Crippen LogP contribution is -2.47. The minimum absolute atomic E-state index is 0.435. The fourth-order valence-electron chi connectivity index (χ4n) is 1.47. The van der Waals surface area contributed by atoms with Gasteiger partial charge in [-0.3, -0.25) is 10.1 Å². The summed E-state index contributed by atoms with van der Waals surface area (Å²) in [5, 5.41) is 37.1. The topological polar surface area (TPSA) is 155 Å². The van der Waals surface area contributed by atoms with Gasteiger partial charge in [0.1, 0.15) is 0 Å². The van der Waals surface area contributed by atoms with Crippen LogP contribution in [0, 0.1) is 10.1 Å². The maximum absolute atomic E-state index is 11.0. The normalized spacial score (nSPS) is 22.7. The molecule has 0 saturated carbocycles. The monoisotopic (exact) mass is 257 g/mol. The first-order valence-corrected chi connectivity index (χ1v) is 4.48. The van der Waals surface area contributed by atoms with Crippen LogP contribution in [0.2, 0.25) is 0 Å². The highest BCUT2D eigenvalue weighted by Crippen LogP contribution is 2.30. The largest absolute Gasteiger partial charge is 0.478 e. The Balaban J connectivity index is 3.46. The van der Waals surface area contributed by atoms with E-state index in [0.29, 0.717) is 12.2 Å². The molecule has 0 amide bonds. The van der Waals surface area contributed by atoms with Crippen molar-refractivity contribution in [3.8, 4) is 0 Å². The summed E-state index contributed by atoms with van der Waals surface area (Å²) >= 11 is 0. The first kappa shape index (κ1) is 13.4. The van der Waals surface area contributed by atoms with E-state index in [4.69, 9.17) is 15.3 Å². The van der Waals surface area contributed by atoms with Crippen molar-refractivity contribution in [3.05, 3.63) is 33.4 Å². The number of rotatable bonds is 4. The zero-order valence-electron chi connectivity index (χ0n) is 8.69. The van der Waals surface area contributed by atoms with Crippen molar-refractivity contribution >= 4 is 17.9 Å². The first-order valence-electron chi connectivity index (χ1n) is 4.48. The summed E-state index contributed by atoms with van der Waals surface area (Å²) in [6.45, 7) is 0. The molecule has 0 heterocycles. The van der Waals surface area contributed by atoms with Crippen LogP contribution < -0.4 is 0 Å². The van der Waals surface area contributed by atoms with Gasteiger partial charge in [0.2, 0.25) is 0 Å². The van der Waals surface area contributed by atoms with Gasteiger partial charge in [0.05, 0.1) is 12.0 Å². The van der Waals surface area contributed by atoms with E-state index >= 15 is 0 Å². The van der Waals surface area contributed by atoms with Crippen LogP contribution in [0.1, 0.15) is 6.42 Å². The van der Waals surface area contributed by atoms with Crippen LogP contribution >= 0.6 is 0 Å². The molecule has 0 aliphatic heterocycles. The van der Waals surface area contributed by atoms with E-state index in [9.17, 15) is 24.5 Å². The molecular weight excluding hydrogens is 250 g/mol. The van der Waals surface area contributed by atoms with Crippen LogP contribution in [0.5, 0.6) is 0 Å². The summed E-state index contributed by atoms with van der Waals surface area (Å²) in [7, 11) is 0. The van der Waals surface area contributed by atoms with Crippen molar-refractivity contribution in [3.63, 3.8) is 0 Å². The number of hydrogen-bond acceptors (Lipinski definition) is 5. The predicted octanol–water partition coefficient (Wildman–Crippen LogP) is -0.488. The number of nitro groups is 1. The quantitative estimate of drug-likeness (QED) is 0.450. The van der Waals surface area contributed by atoms with Crippen molar-refractivity contribution in [2.75, 3.05) is 0 Å². The Morgan fingerprint density at radius 3 is 2.11 bits per heavy atom. The standard InChI is InChI=1S/C9H7NO8/c11-6(12)4-1-5(7(13)14)3-9(2-4,8(15)16)10(17)18/h1-2H,3H2,(H,11,12)(H,13,14)(H,15,16). The second-order valence-electron chi connectivity index (χ2n) is 3.54. The zero-order chi connectivity index (χ0) is 14.1. The molecule has 0 saturated heterocycles. The summed E-state index contributed by atoms with van der Waals surface area (Å²) in [6.07, 6.45) is 0.223. The van der Waals surface area contributed by atoms with Gasteiger partial charge in [-0.1, -0.05) is 0 Å². The molecule has 0 aromatic heterocycles. The molecular formula is C9H7NO8. The van der Waals surface area contributed by atoms with E-state index in [0.717, 1.165) is 0 Å². The predicted molar refractivity (Wildman–Crippen MR) is 53.4 cm³/mol. The van der Waals surface area contributed by atoms with Gasteiger partial charge < -0.3 is 15.3 Å². The molecule has 1 aliphatic carbocycles. The summed E-state index contributed by atoms with van der Waals surface area (Å²) in [6, 6.07) is 0. The average Bonchev–Trinajstić information content (AvgIpc) is 2.27. The number of carboxylic acids is 3. The summed E-state index contributed by atoms with van der Waals surface area (Å²) in [4.78, 5) is 42.0. The minimum Gasteiger partial charge on any atom is -0.478 e. The van der Waals surface area contributed by atoms with Gasteiger partial charge in [-0.2, -0.15) is 0 Å². The van der Waals surface area contributed by atoms with Gasteiger partial charge in [-0.05, 0) is 6.08 Å². The van der Waals surface area contributed by atoms with Crippen molar-refractivity contribution in [2.45, 2.75) is 12.0 Å². The number of carboxylic acid groups (broad SMARTS) is 3. The van der Waals surface area contributed by atoms with E-state index in [2.05, 4.69) is 0 Å². The maximum Gasteiger partial charge on any atom is 0.387 e. The Morgan fingerprint density at radius 2 is 1.78 bits per heavy atom. The van der Waals surface area contributed by atoms with E-state index in [1.165, 1.54) is 0 Å². The maximum atomic E-state index is 11.0. The molecule has 1 aliphatic rings. The van der Waals surface area contributed by atoms with Crippen molar-refractivity contribution < 1.29 is 34.6 Å². The third-order valence-electron chi connectivity index (χ3n) is 2.40. The zero-order valence-corrected chi connectivity index (χ0v) is 8.69. The van der Waals surface area contributed by atoms with Gasteiger partial charge in [-0.25, -0.2) is 14.4 Å². The molecule has 0 aromatic rings. The van der Waals surface area contributed by atoms with Crippen LogP contribution in [-0.2, 0) is 14.4 Å². The van der Waals surface area contributed by atoms with Crippen LogP contribution in [0.4, 0.5) is 0 Å². The van der Waals surface area contributed by atoms with Crippen LogP contribution in [0.25, 0.3) is 0 Å². The van der Waals surface area contributed by atoms with Gasteiger partial charge >= 0.3 is 23.4 Å². The number of hydrogen-bond donors (Lipinski definition) is 3. The van der Waals surface area contributed by atoms with Gasteiger partial charge in [0.15, 0.2) is 0 Å². The Hall–Kier alpha value is -2.71. The van der Waals surface area contributed by atoms with Crippen molar-refractivity contribution in [1.29, 1.82) is 0 Å². The van der Waals surface area contributed by atoms with E-state index in [-0.39, 0.29) is 0 Å². The lowest BCUT2D eigenvalue weighted by atomic mass is 9.84. The Bertz CT molecular complexity index is 501. The molecule has 3 N–H and O–H groups in total. The molecule has 18 heavy (non-hydrogen) atoms. The summed E-state index contributed by atoms with van der Waals surface area (Å²) in [5.74, 6) is -5.16. The van der Waals surface area contributed by atoms with Crippen LogP contribution in [0.15, 0.2) is 23.3 Å². The molecule has 0 spiro atoms. The fourth-order valence-corrected chi connectivity index (χ4v) is 1.47. The summed E-state index contributed by atoms with van der Waals surface area (Å²) < 4.78 is 0. The number of aliphatic carboxylic acids is 3. The SMILES string of the molecule is O=C(O)C1=CC(C(=O)O)([N+](=O)[O-])CC(C(=O)O)=C1. The van der Waals surface area contributed by atoms with Crippen molar-refractivity contribution in [2.24, 2.45) is 0 Å². The average molecular weight is 257 g/mol. The lowest BCUT2D eigenvalue weighted by Gasteiger charge is -2.21. The molecule has 96 valence electrons. The number of carbonyl (C=O) groups is 3. The third-order valence-corrected chi connectivity index (χ3v) is 2.40. The van der Waals surface area contributed by atoms with E-state index < -0.39 is 45.9 Å². The molecule has 1 atom stereocenters. The molecule has 9 nitrogen and oxygen atoms in total. The first-order chi connectivity index (χ1) is 8.20. The number of nitrogens with zero attached hydrogens (tertiary/aromatic N) is 1. The highest BCUT2D eigenvalue weighted by molar-refractivity contribution is 5.99.